The molecule has 42 heavy (non-hydrogen) atoms. The van der Waals surface area contributed by atoms with Crippen LogP contribution in [-0.4, -0.2) is 72.8 Å². The predicted molar refractivity (Wildman–Crippen MR) is 164 cm³/mol. The summed E-state index contributed by atoms with van der Waals surface area (Å²) in [5, 5.41) is 12.5. The highest BCUT2D eigenvalue weighted by Crippen LogP contribution is 2.29. The number of ether oxygens (including phenoxy) is 2. The third-order valence-corrected chi connectivity index (χ3v) is 8.00. The number of methoxy groups -OCH3 is 1. The van der Waals surface area contributed by atoms with Gasteiger partial charge < -0.3 is 24.6 Å². The van der Waals surface area contributed by atoms with Crippen LogP contribution in [-0.2, 0) is 11.3 Å². The molecule has 1 saturated heterocycles. The molecule has 4 rings (SSSR count). The molecule has 9 heteroatoms. The van der Waals surface area contributed by atoms with Crippen molar-refractivity contribution in [2.75, 3.05) is 44.9 Å². The molecule has 1 atom stereocenters. The van der Waals surface area contributed by atoms with Gasteiger partial charge in [0.05, 0.1) is 35.2 Å². The first-order chi connectivity index (χ1) is 20.4. The topological polar surface area (TPSA) is 104 Å². The molecule has 1 aliphatic heterocycles. The maximum Gasteiger partial charge on any atom is 0.254 e. The van der Waals surface area contributed by atoms with Crippen molar-refractivity contribution in [2.24, 2.45) is 0 Å². The Bertz CT molecular complexity index is 1330. The fourth-order valence-corrected chi connectivity index (χ4v) is 5.57. The standard InChI is InChI=1S/C33H42N6O3/c1-24(12-15-35-33(40)32-25(2)36-23-37-26(32)3)38-16-13-30(14-17-38)39(22-28-7-5-6-27(20-28)21-34)29-8-10-31(11-9-29)42-19-18-41-4/h5-11,20,23-24,30H,12-19,22H2,1-4H3,(H,35,40). The number of carbonyl (C=O) groups excluding carboxylic acids is 1. The largest absolute Gasteiger partial charge is 0.491 e. The van der Waals surface area contributed by atoms with E-state index in [-0.39, 0.29) is 5.91 Å². The zero-order valence-corrected chi connectivity index (χ0v) is 25.2. The van der Waals surface area contributed by atoms with Gasteiger partial charge in [-0.25, -0.2) is 9.97 Å². The number of aromatic nitrogens is 2. The van der Waals surface area contributed by atoms with Gasteiger partial charge in [-0.05, 0) is 82.0 Å². The molecule has 222 valence electrons. The summed E-state index contributed by atoms with van der Waals surface area (Å²) in [7, 11) is 1.67. The van der Waals surface area contributed by atoms with Crippen molar-refractivity contribution in [1.82, 2.24) is 20.2 Å². The number of hydrogen-bond donors (Lipinski definition) is 1. The number of benzene rings is 2. The van der Waals surface area contributed by atoms with Crippen molar-refractivity contribution in [3.8, 4) is 11.8 Å². The number of hydrogen-bond acceptors (Lipinski definition) is 8. The molecule has 2 aromatic carbocycles. The van der Waals surface area contributed by atoms with Crippen LogP contribution < -0.4 is 15.0 Å². The first kappa shape index (κ1) is 30.9. The number of piperidine rings is 1. The fourth-order valence-electron chi connectivity index (χ4n) is 5.57. The number of likely N-dealkylation sites (tertiary alicyclic amines) is 1. The lowest BCUT2D eigenvalue weighted by atomic mass is 9.99. The lowest BCUT2D eigenvalue weighted by Gasteiger charge is -2.42. The Morgan fingerprint density at radius 2 is 1.83 bits per heavy atom. The van der Waals surface area contributed by atoms with Crippen LogP contribution in [0.5, 0.6) is 5.75 Å². The van der Waals surface area contributed by atoms with Crippen LogP contribution in [0.3, 0.4) is 0 Å². The Balaban J connectivity index is 1.36. The van der Waals surface area contributed by atoms with Gasteiger partial charge in [0.15, 0.2) is 0 Å². The molecule has 1 fully saturated rings. The third kappa shape index (κ3) is 8.28. The van der Waals surface area contributed by atoms with Gasteiger partial charge in [0.1, 0.15) is 18.7 Å². The lowest BCUT2D eigenvalue weighted by Crippen LogP contribution is -2.48. The number of nitriles is 1. The van der Waals surface area contributed by atoms with Gasteiger partial charge in [0, 0.05) is 51.1 Å². The molecule has 0 spiro atoms. The molecule has 1 N–H and O–H groups in total. The zero-order chi connectivity index (χ0) is 29.9. The second kappa shape index (κ2) is 15.3. The van der Waals surface area contributed by atoms with Crippen LogP contribution in [0.1, 0.15) is 59.1 Å². The quantitative estimate of drug-likeness (QED) is 0.296. The summed E-state index contributed by atoms with van der Waals surface area (Å²) in [6.07, 6.45) is 4.42. The summed E-state index contributed by atoms with van der Waals surface area (Å²) >= 11 is 0. The van der Waals surface area contributed by atoms with Crippen LogP contribution in [0.2, 0.25) is 0 Å². The van der Waals surface area contributed by atoms with E-state index >= 15 is 0 Å². The van der Waals surface area contributed by atoms with Crippen molar-refractivity contribution in [3.63, 3.8) is 0 Å². The monoisotopic (exact) mass is 570 g/mol. The van der Waals surface area contributed by atoms with Crippen LogP contribution in [0.25, 0.3) is 0 Å². The van der Waals surface area contributed by atoms with E-state index in [0.717, 1.165) is 55.9 Å². The van der Waals surface area contributed by atoms with Crippen LogP contribution in [0, 0.1) is 25.2 Å². The van der Waals surface area contributed by atoms with Gasteiger partial charge in [-0.15, -0.1) is 0 Å². The van der Waals surface area contributed by atoms with Gasteiger partial charge in [0.25, 0.3) is 5.91 Å². The van der Waals surface area contributed by atoms with E-state index in [1.54, 1.807) is 7.11 Å². The van der Waals surface area contributed by atoms with E-state index in [9.17, 15) is 10.1 Å². The summed E-state index contributed by atoms with van der Waals surface area (Å²) in [6.45, 7) is 10.3. The van der Waals surface area contributed by atoms with Gasteiger partial charge in [0.2, 0.25) is 0 Å². The summed E-state index contributed by atoms with van der Waals surface area (Å²) < 4.78 is 10.9. The van der Waals surface area contributed by atoms with Crippen LogP contribution >= 0.6 is 0 Å². The molecule has 2 heterocycles. The normalized spacial score (nSPS) is 14.6. The Labute approximate surface area is 249 Å². The molecule has 1 amide bonds. The molecule has 1 unspecified atom stereocenters. The van der Waals surface area contributed by atoms with Crippen molar-refractivity contribution in [1.29, 1.82) is 5.26 Å². The van der Waals surface area contributed by atoms with Gasteiger partial charge in [-0.1, -0.05) is 12.1 Å². The third-order valence-electron chi connectivity index (χ3n) is 8.00. The predicted octanol–water partition coefficient (Wildman–Crippen LogP) is 4.67. The average Bonchev–Trinajstić information content (AvgIpc) is 3.00. The summed E-state index contributed by atoms with van der Waals surface area (Å²) in [5.74, 6) is 0.714. The van der Waals surface area contributed by atoms with E-state index in [2.05, 4.69) is 56.3 Å². The average molecular weight is 571 g/mol. The Morgan fingerprint density at radius 1 is 1.12 bits per heavy atom. The van der Waals surface area contributed by atoms with Crippen molar-refractivity contribution in [2.45, 2.75) is 58.7 Å². The van der Waals surface area contributed by atoms with Crippen molar-refractivity contribution in [3.05, 3.63) is 82.9 Å². The number of rotatable bonds is 13. The van der Waals surface area contributed by atoms with Gasteiger partial charge >= 0.3 is 0 Å². The first-order valence-corrected chi connectivity index (χ1v) is 14.7. The Kier molecular flexibility index (Phi) is 11.3. The molecule has 0 radical (unpaired) electrons. The van der Waals surface area contributed by atoms with Crippen molar-refractivity contribution < 1.29 is 14.3 Å². The van der Waals surface area contributed by atoms with E-state index in [0.29, 0.717) is 54.4 Å². The highest BCUT2D eigenvalue weighted by molar-refractivity contribution is 5.96. The maximum atomic E-state index is 12.7. The number of nitrogens with one attached hydrogen (secondary N) is 1. The second-order valence-electron chi connectivity index (χ2n) is 10.9. The number of amides is 1. The summed E-state index contributed by atoms with van der Waals surface area (Å²) in [6, 6.07) is 19.1. The molecule has 9 nitrogen and oxygen atoms in total. The summed E-state index contributed by atoms with van der Waals surface area (Å²) in [5.41, 5.74) is 4.91. The van der Waals surface area contributed by atoms with E-state index < -0.39 is 0 Å². The van der Waals surface area contributed by atoms with Crippen molar-refractivity contribution >= 4 is 11.6 Å². The lowest BCUT2D eigenvalue weighted by molar-refractivity contribution is 0.0943. The van der Waals surface area contributed by atoms with E-state index in [4.69, 9.17) is 9.47 Å². The second-order valence-corrected chi connectivity index (χ2v) is 10.9. The minimum absolute atomic E-state index is 0.109. The Morgan fingerprint density at radius 3 is 2.50 bits per heavy atom. The fraction of sp³-hybridized carbons (Fsp3) is 0.455. The smallest absolute Gasteiger partial charge is 0.254 e. The zero-order valence-electron chi connectivity index (χ0n) is 25.2. The highest BCUT2D eigenvalue weighted by atomic mass is 16.5. The molecule has 0 bridgehead atoms. The minimum atomic E-state index is -0.109. The maximum absolute atomic E-state index is 12.7. The highest BCUT2D eigenvalue weighted by Gasteiger charge is 2.27. The molecule has 0 saturated carbocycles. The molecule has 0 aliphatic carbocycles. The minimum Gasteiger partial charge on any atom is -0.491 e. The van der Waals surface area contributed by atoms with Gasteiger partial charge in [-0.2, -0.15) is 5.26 Å². The van der Waals surface area contributed by atoms with Gasteiger partial charge in [-0.3, -0.25) is 4.79 Å². The molecule has 1 aliphatic rings. The molecular formula is C33H42N6O3. The molecule has 3 aromatic rings. The molecular weight excluding hydrogens is 528 g/mol. The molecule has 1 aromatic heterocycles. The van der Waals surface area contributed by atoms with E-state index in [1.165, 1.54) is 6.33 Å². The number of nitrogens with zero attached hydrogens (tertiary/aromatic N) is 5. The van der Waals surface area contributed by atoms with E-state index in [1.807, 2.05) is 44.2 Å². The number of carbonyl (C=O) groups is 1. The summed E-state index contributed by atoms with van der Waals surface area (Å²) in [4.78, 5) is 26.0. The first-order valence-electron chi connectivity index (χ1n) is 14.7. The number of anilines is 1. The number of aryl methyl sites for hydroxylation is 2. The SMILES string of the molecule is COCCOc1ccc(N(Cc2cccc(C#N)c2)C2CCN(C(C)CCNC(=O)c3c(C)ncnc3C)CC2)cc1. The van der Waals surface area contributed by atoms with Crippen LogP contribution in [0.15, 0.2) is 54.9 Å². The van der Waals surface area contributed by atoms with Crippen LogP contribution in [0.4, 0.5) is 5.69 Å². The Hall–Kier alpha value is -4.00.